The van der Waals surface area contributed by atoms with E-state index in [4.69, 9.17) is 16.3 Å². The van der Waals surface area contributed by atoms with Crippen LogP contribution < -0.4 is 32.4 Å². The van der Waals surface area contributed by atoms with Gasteiger partial charge in [0, 0.05) is 18.3 Å². The molecular weight excluding hydrogens is 454 g/mol. The number of hydrogen-bond acceptors (Lipinski definition) is 7. The van der Waals surface area contributed by atoms with Crippen molar-refractivity contribution in [2.75, 3.05) is 23.2 Å². The Morgan fingerprint density at radius 2 is 1.79 bits per heavy atom. The summed E-state index contributed by atoms with van der Waals surface area (Å²) in [6, 6.07) is 8.25. The number of amides is 2. The number of carbonyl (C=O) groups is 2. The van der Waals surface area contributed by atoms with Gasteiger partial charge in [0.05, 0.1) is 11.4 Å². The highest BCUT2D eigenvalue weighted by molar-refractivity contribution is 7.92. The molecule has 0 aliphatic heterocycles. The largest absolute Gasteiger partial charge is 0.391 e. The van der Waals surface area contributed by atoms with Gasteiger partial charge in [-0.25, -0.2) is 8.42 Å². The van der Waals surface area contributed by atoms with Crippen LogP contribution in [0.3, 0.4) is 0 Å². The molecule has 0 saturated heterocycles. The van der Waals surface area contributed by atoms with Crippen LogP contribution in [0.15, 0.2) is 51.2 Å². The van der Waals surface area contributed by atoms with Gasteiger partial charge in [-0.1, -0.05) is 0 Å². The average molecular weight is 480 g/mol. The summed E-state index contributed by atoms with van der Waals surface area (Å²) in [5.41, 5.74) is 10.2. The van der Waals surface area contributed by atoms with Crippen LogP contribution in [-0.2, 0) is 31.0 Å². The molecule has 1 heterocycles. The quantitative estimate of drug-likeness (QED) is 0.127. The first-order chi connectivity index (χ1) is 15.5. The van der Waals surface area contributed by atoms with Gasteiger partial charge in [0.25, 0.3) is 15.6 Å². The monoisotopic (exact) mass is 479 g/mol. The zero-order valence-corrected chi connectivity index (χ0v) is 18.8. The van der Waals surface area contributed by atoms with Crippen LogP contribution in [0.4, 0.5) is 11.4 Å². The number of aryl methyl sites for hydroxylation is 1. The van der Waals surface area contributed by atoms with Gasteiger partial charge < -0.3 is 31.5 Å². The number of benzene rings is 1. The number of nitrogens with two attached hydrogens (primary N) is 2. The van der Waals surface area contributed by atoms with Crippen molar-refractivity contribution in [1.82, 2.24) is 9.88 Å². The molecule has 7 N–H and O–H groups in total. The van der Waals surface area contributed by atoms with E-state index in [1.54, 1.807) is 6.92 Å². The Labute approximate surface area is 189 Å². The van der Waals surface area contributed by atoms with Crippen molar-refractivity contribution < 1.29 is 22.8 Å². The molecule has 2 aromatic rings. The lowest BCUT2D eigenvalue weighted by atomic mass is 10.3. The van der Waals surface area contributed by atoms with Gasteiger partial charge in [0.2, 0.25) is 17.8 Å². The van der Waals surface area contributed by atoms with E-state index in [9.17, 15) is 22.8 Å². The fourth-order valence-corrected chi connectivity index (χ4v) is 3.68. The number of carbonyl (C=O) groups excluding carboxylic acids is 2. The van der Waals surface area contributed by atoms with Crippen molar-refractivity contribution in [1.29, 1.82) is 0 Å². The maximum atomic E-state index is 12.8. The topological polar surface area (TPSA) is 200 Å². The van der Waals surface area contributed by atoms with Crippen LogP contribution in [-0.4, -0.2) is 43.9 Å². The van der Waals surface area contributed by atoms with Gasteiger partial charge >= 0.3 is 0 Å². The van der Waals surface area contributed by atoms with Crippen molar-refractivity contribution in [2.24, 2.45) is 16.6 Å². The molecule has 0 radical (unpaired) electrons. The molecule has 0 aliphatic carbocycles. The number of hydrogen-bond donors (Lipinski definition) is 5. The van der Waals surface area contributed by atoms with E-state index in [0.717, 1.165) is 4.57 Å². The summed E-state index contributed by atoms with van der Waals surface area (Å²) in [5, 5.41) is 8.36. The maximum Gasteiger partial charge on any atom is 0.275 e. The van der Waals surface area contributed by atoms with Gasteiger partial charge in [0.1, 0.15) is 18.8 Å². The number of anilines is 2. The molecule has 2 rings (SSSR count). The number of guanidine groups is 1. The Kier molecular flexibility index (Phi) is 8.39. The minimum atomic E-state index is -4.09. The lowest BCUT2D eigenvalue weighted by Gasteiger charge is -2.14. The third kappa shape index (κ3) is 7.53. The molecule has 0 bridgehead atoms. The summed E-state index contributed by atoms with van der Waals surface area (Å²) < 4.78 is 28.7. The van der Waals surface area contributed by atoms with Crippen molar-refractivity contribution in [3.63, 3.8) is 0 Å². The first kappa shape index (κ1) is 25.2. The summed E-state index contributed by atoms with van der Waals surface area (Å²) in [7, 11) is -4.09. The molecule has 33 heavy (non-hydrogen) atoms. The van der Waals surface area contributed by atoms with E-state index in [1.165, 1.54) is 43.3 Å². The van der Waals surface area contributed by atoms with Gasteiger partial charge in [-0.2, -0.15) is 0 Å². The molecule has 0 spiro atoms. The molecule has 1 aromatic heterocycles. The lowest BCUT2D eigenvalue weighted by Crippen LogP contribution is -2.36. The summed E-state index contributed by atoms with van der Waals surface area (Å²) in [5.74, 6) is -1.05. The highest BCUT2D eigenvalue weighted by Crippen LogP contribution is 2.17. The van der Waals surface area contributed by atoms with Crippen molar-refractivity contribution in [3.05, 3.63) is 52.4 Å². The van der Waals surface area contributed by atoms with Crippen molar-refractivity contribution in [3.8, 4) is 0 Å². The molecule has 1 aromatic carbocycles. The number of nitrogens with zero attached hydrogens (tertiary/aromatic N) is 2. The van der Waals surface area contributed by atoms with Crippen LogP contribution in [0.25, 0.3) is 0 Å². The van der Waals surface area contributed by atoms with Crippen LogP contribution in [0, 0.1) is 6.92 Å². The normalized spacial score (nSPS) is 10.7. The Bertz CT molecular complexity index is 1200. The third-order valence-corrected chi connectivity index (χ3v) is 5.49. The number of sulfonamides is 1. The number of rotatable bonds is 10. The summed E-state index contributed by atoms with van der Waals surface area (Å²) in [6.07, 6.45) is 0. The van der Waals surface area contributed by atoms with Gasteiger partial charge in [-0.15, -0.1) is 0 Å². The summed E-state index contributed by atoms with van der Waals surface area (Å²) in [6.45, 7) is 2.70. The van der Waals surface area contributed by atoms with Crippen LogP contribution in [0.2, 0.25) is 0 Å². The average Bonchev–Trinajstić information content (AvgIpc) is 2.72. The Morgan fingerprint density at radius 1 is 1.12 bits per heavy atom. The van der Waals surface area contributed by atoms with E-state index in [0.29, 0.717) is 11.4 Å². The van der Waals surface area contributed by atoms with Gasteiger partial charge in [-0.3, -0.25) is 19.1 Å². The second-order valence-corrected chi connectivity index (χ2v) is 8.47. The highest BCUT2D eigenvalue weighted by atomic mass is 32.2. The van der Waals surface area contributed by atoms with Gasteiger partial charge in [-0.05, 0) is 48.5 Å². The van der Waals surface area contributed by atoms with Crippen LogP contribution in [0.1, 0.15) is 12.6 Å². The van der Waals surface area contributed by atoms with E-state index in [1.807, 2.05) is 0 Å². The first-order valence-corrected chi connectivity index (χ1v) is 11.1. The zero-order chi connectivity index (χ0) is 24.6. The van der Waals surface area contributed by atoms with Crippen LogP contribution >= 0.6 is 0 Å². The molecule has 0 fully saturated rings. The second-order valence-electron chi connectivity index (χ2n) is 6.79. The fourth-order valence-electron chi connectivity index (χ4n) is 2.63. The van der Waals surface area contributed by atoms with Crippen molar-refractivity contribution >= 4 is 39.2 Å². The Hall–Kier alpha value is -4.07. The van der Waals surface area contributed by atoms with E-state index < -0.39 is 21.5 Å². The molecule has 14 heteroatoms. The molecule has 178 valence electrons. The molecule has 13 nitrogen and oxygen atoms in total. The standard InChI is InChI=1S/C19H25N7O6S/c1-12-3-8-16(18(29)26(12)11-17(28)22-9-10-32-24-19(20)21)25-33(30,31)15-6-4-14(5-7-15)23-13(2)27/h3-8,25H,9-11H2,1-2H3,(H,22,28)(H,23,27)(H4,20,21,24). The Balaban J connectivity index is 2.12. The second kappa shape index (κ2) is 11.0. The lowest BCUT2D eigenvalue weighted by molar-refractivity contribution is -0.122. The molecule has 0 saturated carbocycles. The number of nitrogens with one attached hydrogen (secondary N) is 3. The molecule has 0 unspecified atom stereocenters. The number of aromatic nitrogens is 1. The highest BCUT2D eigenvalue weighted by Gasteiger charge is 2.18. The minimum Gasteiger partial charge on any atom is -0.391 e. The van der Waals surface area contributed by atoms with Crippen molar-refractivity contribution in [2.45, 2.75) is 25.3 Å². The minimum absolute atomic E-state index is 0.0120. The molecule has 2 amide bonds. The Morgan fingerprint density at radius 3 is 2.39 bits per heavy atom. The third-order valence-electron chi connectivity index (χ3n) is 4.11. The fraction of sp³-hybridized carbons (Fsp3) is 0.263. The smallest absolute Gasteiger partial charge is 0.275 e. The van der Waals surface area contributed by atoms with E-state index >= 15 is 0 Å². The predicted molar refractivity (Wildman–Crippen MR) is 122 cm³/mol. The summed E-state index contributed by atoms with van der Waals surface area (Å²) >= 11 is 0. The zero-order valence-electron chi connectivity index (χ0n) is 18.0. The van der Waals surface area contributed by atoms with Crippen LogP contribution in [0.5, 0.6) is 0 Å². The SMILES string of the molecule is CC(=O)Nc1ccc(S(=O)(=O)Nc2ccc(C)n(CC(=O)NCCON=C(N)N)c2=O)cc1. The molecular formula is C19H25N7O6S. The predicted octanol–water partition coefficient (Wildman–Crippen LogP) is -0.763. The van der Waals surface area contributed by atoms with E-state index in [-0.39, 0.29) is 42.1 Å². The molecule has 0 atom stereocenters. The first-order valence-electron chi connectivity index (χ1n) is 9.58. The number of pyridine rings is 1. The number of oxime groups is 1. The summed E-state index contributed by atoms with van der Waals surface area (Å²) in [4.78, 5) is 40.7. The maximum absolute atomic E-state index is 12.8. The van der Waals surface area contributed by atoms with Gasteiger partial charge in [0.15, 0.2) is 0 Å². The van der Waals surface area contributed by atoms with E-state index in [2.05, 4.69) is 20.5 Å². The molecule has 0 aliphatic rings.